The van der Waals surface area contributed by atoms with E-state index in [1.54, 1.807) is 0 Å². The average molecular weight is 273 g/mol. The van der Waals surface area contributed by atoms with Gasteiger partial charge in [-0.05, 0) is 50.7 Å². The Morgan fingerprint density at radius 1 is 1.20 bits per heavy atom. The first kappa shape index (κ1) is 15.2. The first-order valence-corrected chi connectivity index (χ1v) is 8.23. The first-order valence-electron chi connectivity index (χ1n) is 8.23. The fraction of sp³-hybridized carbons (Fsp3) is 0.667. The SMILES string of the molecule is CCCCC(=O)[C@H]1CC[C@H](c2cccc(CC)n2)CC1. The number of unbranched alkanes of at least 4 members (excludes halogenated alkanes) is 1. The standard InChI is InChI=1S/C18H27NO/c1-3-5-9-18(20)15-12-10-14(11-13-15)17-8-6-7-16(4-2)19-17/h6-8,14-15H,3-5,9-13H2,1-2H3/t14-,15-. The number of pyridine rings is 1. The Kier molecular flexibility index (Phi) is 5.75. The number of hydrogen-bond donors (Lipinski definition) is 0. The van der Waals surface area contributed by atoms with E-state index < -0.39 is 0 Å². The molecule has 2 heteroatoms. The van der Waals surface area contributed by atoms with E-state index in [0.717, 1.165) is 51.4 Å². The number of ketones is 1. The minimum Gasteiger partial charge on any atom is -0.299 e. The van der Waals surface area contributed by atoms with Gasteiger partial charge >= 0.3 is 0 Å². The van der Waals surface area contributed by atoms with E-state index in [0.29, 0.717) is 17.6 Å². The zero-order valence-corrected chi connectivity index (χ0v) is 12.9. The molecule has 0 amide bonds. The summed E-state index contributed by atoms with van der Waals surface area (Å²) < 4.78 is 0. The van der Waals surface area contributed by atoms with Gasteiger partial charge in [-0.15, -0.1) is 0 Å². The Bertz CT molecular complexity index is 433. The van der Waals surface area contributed by atoms with Gasteiger partial charge in [-0.2, -0.15) is 0 Å². The van der Waals surface area contributed by atoms with Crippen molar-refractivity contribution in [1.82, 2.24) is 4.98 Å². The van der Waals surface area contributed by atoms with Crippen molar-refractivity contribution in [3.63, 3.8) is 0 Å². The van der Waals surface area contributed by atoms with Crippen molar-refractivity contribution in [2.75, 3.05) is 0 Å². The lowest BCUT2D eigenvalue weighted by atomic mass is 9.78. The highest BCUT2D eigenvalue weighted by atomic mass is 16.1. The van der Waals surface area contributed by atoms with Crippen molar-refractivity contribution in [1.29, 1.82) is 0 Å². The van der Waals surface area contributed by atoms with Gasteiger partial charge in [0.15, 0.2) is 0 Å². The third-order valence-corrected chi connectivity index (χ3v) is 4.57. The molecule has 0 spiro atoms. The van der Waals surface area contributed by atoms with Crippen LogP contribution in [0.15, 0.2) is 18.2 Å². The second-order valence-electron chi connectivity index (χ2n) is 6.03. The van der Waals surface area contributed by atoms with Gasteiger partial charge in [0.05, 0.1) is 0 Å². The van der Waals surface area contributed by atoms with E-state index in [1.807, 2.05) is 0 Å². The highest BCUT2D eigenvalue weighted by Gasteiger charge is 2.27. The third kappa shape index (κ3) is 3.91. The van der Waals surface area contributed by atoms with E-state index in [4.69, 9.17) is 4.98 Å². The van der Waals surface area contributed by atoms with Gasteiger partial charge < -0.3 is 0 Å². The summed E-state index contributed by atoms with van der Waals surface area (Å²) in [4.78, 5) is 16.8. The molecule has 1 aromatic heterocycles. The Hall–Kier alpha value is -1.18. The number of carbonyl (C=O) groups is 1. The van der Waals surface area contributed by atoms with Crippen LogP contribution in [0.2, 0.25) is 0 Å². The van der Waals surface area contributed by atoms with Crippen LogP contribution in [0.5, 0.6) is 0 Å². The molecular weight excluding hydrogens is 246 g/mol. The van der Waals surface area contributed by atoms with Crippen LogP contribution in [0.25, 0.3) is 0 Å². The summed E-state index contributed by atoms with van der Waals surface area (Å²) in [6.07, 6.45) is 8.34. The molecule has 1 aromatic rings. The molecule has 2 rings (SSSR count). The third-order valence-electron chi connectivity index (χ3n) is 4.57. The lowest BCUT2D eigenvalue weighted by molar-refractivity contribution is -0.124. The van der Waals surface area contributed by atoms with Crippen molar-refractivity contribution < 1.29 is 4.79 Å². The topological polar surface area (TPSA) is 30.0 Å². The fourth-order valence-electron chi connectivity index (χ4n) is 3.19. The number of rotatable bonds is 6. The molecule has 0 aromatic carbocycles. The maximum Gasteiger partial charge on any atom is 0.135 e. The average Bonchev–Trinajstić information content (AvgIpc) is 2.52. The maximum atomic E-state index is 12.1. The van der Waals surface area contributed by atoms with Crippen LogP contribution in [0, 0.1) is 5.92 Å². The van der Waals surface area contributed by atoms with E-state index in [2.05, 4.69) is 32.0 Å². The lowest BCUT2D eigenvalue weighted by Gasteiger charge is -2.27. The van der Waals surface area contributed by atoms with Crippen molar-refractivity contribution in [2.24, 2.45) is 5.92 Å². The summed E-state index contributed by atoms with van der Waals surface area (Å²) >= 11 is 0. The molecule has 0 atom stereocenters. The number of carbonyl (C=O) groups excluding carboxylic acids is 1. The minimum atomic E-state index is 0.326. The van der Waals surface area contributed by atoms with Crippen LogP contribution in [0.1, 0.15) is 76.1 Å². The highest BCUT2D eigenvalue weighted by Crippen LogP contribution is 2.36. The molecule has 1 fully saturated rings. The molecule has 1 aliphatic rings. The van der Waals surface area contributed by atoms with Gasteiger partial charge in [0.25, 0.3) is 0 Å². The number of aromatic nitrogens is 1. The molecule has 20 heavy (non-hydrogen) atoms. The van der Waals surface area contributed by atoms with Gasteiger partial charge in [0, 0.05) is 29.6 Å². The molecule has 1 heterocycles. The molecule has 1 aliphatic carbocycles. The summed E-state index contributed by atoms with van der Waals surface area (Å²) in [6, 6.07) is 6.38. The van der Waals surface area contributed by atoms with Crippen LogP contribution in [0.3, 0.4) is 0 Å². The quantitative estimate of drug-likeness (QED) is 0.753. The summed E-state index contributed by atoms with van der Waals surface area (Å²) in [5, 5.41) is 0. The van der Waals surface area contributed by atoms with Gasteiger partial charge in [-0.1, -0.05) is 26.3 Å². The maximum absolute atomic E-state index is 12.1. The van der Waals surface area contributed by atoms with Crippen LogP contribution in [0.4, 0.5) is 0 Å². The number of Topliss-reactive ketones (excluding diaryl/α,β-unsaturated/α-hetero) is 1. The Morgan fingerprint density at radius 2 is 1.95 bits per heavy atom. The molecule has 1 saturated carbocycles. The van der Waals surface area contributed by atoms with Crippen molar-refractivity contribution in [3.05, 3.63) is 29.6 Å². The summed E-state index contributed by atoms with van der Waals surface area (Å²) in [5.74, 6) is 1.39. The highest BCUT2D eigenvalue weighted by molar-refractivity contribution is 5.81. The summed E-state index contributed by atoms with van der Waals surface area (Å²) in [7, 11) is 0. The summed E-state index contributed by atoms with van der Waals surface area (Å²) in [6.45, 7) is 4.30. The van der Waals surface area contributed by atoms with Crippen LogP contribution in [-0.2, 0) is 11.2 Å². The minimum absolute atomic E-state index is 0.326. The largest absolute Gasteiger partial charge is 0.299 e. The molecular formula is C18H27NO. The Morgan fingerprint density at radius 3 is 2.60 bits per heavy atom. The molecule has 2 nitrogen and oxygen atoms in total. The van der Waals surface area contributed by atoms with Crippen molar-refractivity contribution >= 4 is 5.78 Å². The molecule has 0 saturated heterocycles. The second kappa shape index (κ2) is 7.56. The molecule has 110 valence electrons. The van der Waals surface area contributed by atoms with Crippen molar-refractivity contribution in [2.45, 2.75) is 71.1 Å². The first-order chi connectivity index (χ1) is 9.74. The zero-order chi connectivity index (χ0) is 14.4. The van der Waals surface area contributed by atoms with E-state index in [-0.39, 0.29) is 0 Å². The van der Waals surface area contributed by atoms with Crippen LogP contribution in [-0.4, -0.2) is 10.8 Å². The fourth-order valence-corrected chi connectivity index (χ4v) is 3.19. The Labute approximate surface area is 123 Å². The van der Waals surface area contributed by atoms with Gasteiger partial charge in [-0.3, -0.25) is 9.78 Å². The molecule has 0 aliphatic heterocycles. The number of aryl methyl sites for hydroxylation is 1. The number of nitrogens with zero attached hydrogens (tertiary/aromatic N) is 1. The molecule has 0 N–H and O–H groups in total. The predicted octanol–water partition coefficient (Wildman–Crippen LogP) is 4.68. The monoisotopic (exact) mass is 273 g/mol. The molecule has 0 bridgehead atoms. The van der Waals surface area contributed by atoms with Crippen molar-refractivity contribution in [3.8, 4) is 0 Å². The number of hydrogen-bond acceptors (Lipinski definition) is 2. The van der Waals surface area contributed by atoms with E-state index in [1.165, 1.54) is 11.4 Å². The van der Waals surface area contributed by atoms with E-state index in [9.17, 15) is 4.79 Å². The van der Waals surface area contributed by atoms with Gasteiger partial charge in [-0.25, -0.2) is 0 Å². The summed E-state index contributed by atoms with van der Waals surface area (Å²) in [5.41, 5.74) is 2.42. The molecule has 0 radical (unpaired) electrons. The Balaban J connectivity index is 1.88. The van der Waals surface area contributed by atoms with Gasteiger partial charge in [0.2, 0.25) is 0 Å². The second-order valence-corrected chi connectivity index (χ2v) is 6.03. The predicted molar refractivity (Wildman–Crippen MR) is 82.8 cm³/mol. The normalized spacial score (nSPS) is 22.7. The zero-order valence-electron chi connectivity index (χ0n) is 12.9. The molecule has 0 unspecified atom stereocenters. The smallest absolute Gasteiger partial charge is 0.135 e. The van der Waals surface area contributed by atoms with E-state index >= 15 is 0 Å². The van der Waals surface area contributed by atoms with Crippen LogP contribution < -0.4 is 0 Å². The van der Waals surface area contributed by atoms with Gasteiger partial charge in [0.1, 0.15) is 5.78 Å². The lowest BCUT2D eigenvalue weighted by Crippen LogP contribution is -2.21. The van der Waals surface area contributed by atoms with Crippen LogP contribution >= 0.6 is 0 Å².